The van der Waals surface area contributed by atoms with Gasteiger partial charge in [-0.15, -0.1) is 0 Å². The molecule has 2 rings (SSSR count). The van der Waals surface area contributed by atoms with E-state index < -0.39 is 0 Å². The first-order valence-corrected chi connectivity index (χ1v) is 6.47. The van der Waals surface area contributed by atoms with Gasteiger partial charge in [-0.3, -0.25) is 0 Å². The number of thioether (sulfide) groups is 1. The zero-order valence-electron chi connectivity index (χ0n) is 8.25. The van der Waals surface area contributed by atoms with Crippen LogP contribution in [0.25, 0.3) is 0 Å². The van der Waals surface area contributed by atoms with E-state index >= 15 is 0 Å². The molecule has 1 heterocycles. The SMILES string of the molecule is NC1CSCC1Cc1cc(Cl)ccc1F. The Morgan fingerprint density at radius 3 is 2.93 bits per heavy atom. The van der Waals surface area contributed by atoms with Crippen molar-refractivity contribution in [3.8, 4) is 0 Å². The Labute approximate surface area is 98.2 Å². The molecule has 2 N–H and O–H groups in total. The van der Waals surface area contributed by atoms with E-state index in [-0.39, 0.29) is 11.9 Å². The van der Waals surface area contributed by atoms with Crippen LogP contribution in [0, 0.1) is 11.7 Å². The topological polar surface area (TPSA) is 26.0 Å². The van der Waals surface area contributed by atoms with Gasteiger partial charge in [-0.25, -0.2) is 4.39 Å². The molecule has 82 valence electrons. The van der Waals surface area contributed by atoms with Crippen molar-refractivity contribution in [2.75, 3.05) is 11.5 Å². The van der Waals surface area contributed by atoms with Crippen molar-refractivity contribution >= 4 is 23.4 Å². The molecule has 4 heteroatoms. The minimum absolute atomic E-state index is 0.177. The molecular formula is C11H13ClFNS. The Balaban J connectivity index is 2.12. The zero-order chi connectivity index (χ0) is 10.8. The Hall–Kier alpha value is -0.250. The van der Waals surface area contributed by atoms with Crippen LogP contribution in [-0.4, -0.2) is 17.5 Å². The van der Waals surface area contributed by atoms with Crippen LogP contribution in [0.2, 0.25) is 5.02 Å². The first-order valence-electron chi connectivity index (χ1n) is 4.94. The summed E-state index contributed by atoms with van der Waals surface area (Å²) in [7, 11) is 0. The Morgan fingerprint density at radius 1 is 1.47 bits per heavy atom. The average molecular weight is 246 g/mol. The summed E-state index contributed by atoms with van der Waals surface area (Å²) in [6, 6.07) is 4.88. The predicted octanol–water partition coefficient (Wildman–Crippen LogP) is 2.71. The fraction of sp³-hybridized carbons (Fsp3) is 0.455. The number of benzene rings is 1. The van der Waals surface area contributed by atoms with Crippen molar-refractivity contribution in [3.63, 3.8) is 0 Å². The maximum Gasteiger partial charge on any atom is 0.126 e. The summed E-state index contributed by atoms with van der Waals surface area (Å²) in [4.78, 5) is 0. The molecule has 2 atom stereocenters. The molecule has 1 saturated heterocycles. The molecule has 15 heavy (non-hydrogen) atoms. The fourth-order valence-corrected chi connectivity index (χ4v) is 3.35. The molecule has 1 aromatic rings. The summed E-state index contributed by atoms with van der Waals surface area (Å²) in [6.07, 6.45) is 0.695. The first-order chi connectivity index (χ1) is 7.16. The highest BCUT2D eigenvalue weighted by Crippen LogP contribution is 2.27. The van der Waals surface area contributed by atoms with Gasteiger partial charge < -0.3 is 5.73 Å². The summed E-state index contributed by atoms with van der Waals surface area (Å²) in [5, 5.41) is 0.589. The van der Waals surface area contributed by atoms with E-state index in [0.29, 0.717) is 22.9 Å². The molecule has 0 aromatic heterocycles. The molecule has 1 nitrogen and oxygen atoms in total. The number of hydrogen-bond donors (Lipinski definition) is 1. The maximum atomic E-state index is 13.4. The monoisotopic (exact) mass is 245 g/mol. The van der Waals surface area contributed by atoms with E-state index in [9.17, 15) is 4.39 Å². The van der Waals surface area contributed by atoms with Crippen LogP contribution in [-0.2, 0) is 6.42 Å². The lowest BCUT2D eigenvalue weighted by atomic mass is 9.95. The fourth-order valence-electron chi connectivity index (χ4n) is 1.81. The van der Waals surface area contributed by atoms with Crippen molar-refractivity contribution in [2.45, 2.75) is 12.5 Å². The number of halogens is 2. The largest absolute Gasteiger partial charge is 0.327 e. The summed E-state index contributed by atoms with van der Waals surface area (Å²) in [5.41, 5.74) is 6.62. The van der Waals surface area contributed by atoms with Gasteiger partial charge in [0.15, 0.2) is 0 Å². The molecule has 1 aromatic carbocycles. The number of nitrogens with two attached hydrogens (primary N) is 1. The van der Waals surface area contributed by atoms with E-state index in [2.05, 4.69) is 0 Å². The minimum atomic E-state index is -0.177. The van der Waals surface area contributed by atoms with Gasteiger partial charge in [0.2, 0.25) is 0 Å². The van der Waals surface area contributed by atoms with Gasteiger partial charge >= 0.3 is 0 Å². The lowest BCUT2D eigenvalue weighted by Gasteiger charge is -2.14. The lowest BCUT2D eigenvalue weighted by molar-refractivity contribution is 0.498. The second-order valence-electron chi connectivity index (χ2n) is 3.90. The summed E-state index contributed by atoms with van der Waals surface area (Å²) in [5.74, 6) is 2.20. The Bertz CT molecular complexity index is 358. The van der Waals surface area contributed by atoms with Crippen molar-refractivity contribution in [1.29, 1.82) is 0 Å². The van der Waals surface area contributed by atoms with Gasteiger partial charge in [-0.1, -0.05) is 11.6 Å². The predicted molar refractivity (Wildman–Crippen MR) is 63.9 cm³/mol. The number of hydrogen-bond acceptors (Lipinski definition) is 2. The van der Waals surface area contributed by atoms with E-state index in [4.69, 9.17) is 17.3 Å². The van der Waals surface area contributed by atoms with Gasteiger partial charge in [-0.2, -0.15) is 11.8 Å². The molecular weight excluding hydrogens is 233 g/mol. The molecule has 0 saturated carbocycles. The molecule has 2 unspecified atom stereocenters. The third-order valence-electron chi connectivity index (χ3n) is 2.74. The van der Waals surface area contributed by atoms with Crippen LogP contribution in [0.5, 0.6) is 0 Å². The molecule has 0 amide bonds. The van der Waals surface area contributed by atoms with E-state index in [1.54, 1.807) is 12.1 Å². The Kier molecular flexibility index (Phi) is 3.54. The van der Waals surface area contributed by atoms with E-state index in [1.165, 1.54) is 6.07 Å². The number of rotatable bonds is 2. The second kappa shape index (κ2) is 4.73. The lowest BCUT2D eigenvalue weighted by Crippen LogP contribution is -2.29. The van der Waals surface area contributed by atoms with Crippen LogP contribution >= 0.6 is 23.4 Å². The maximum absolute atomic E-state index is 13.4. The highest BCUT2D eigenvalue weighted by atomic mass is 35.5. The first kappa shape index (κ1) is 11.2. The normalized spacial score (nSPS) is 25.8. The zero-order valence-corrected chi connectivity index (χ0v) is 9.82. The molecule has 1 aliphatic heterocycles. The van der Waals surface area contributed by atoms with Gasteiger partial charge in [0.25, 0.3) is 0 Å². The molecule has 0 bridgehead atoms. The van der Waals surface area contributed by atoms with Gasteiger partial charge in [0, 0.05) is 16.8 Å². The van der Waals surface area contributed by atoms with Gasteiger partial charge in [0.1, 0.15) is 5.82 Å². The van der Waals surface area contributed by atoms with Crippen molar-refractivity contribution in [3.05, 3.63) is 34.6 Å². The van der Waals surface area contributed by atoms with Crippen molar-refractivity contribution in [2.24, 2.45) is 11.7 Å². The van der Waals surface area contributed by atoms with Crippen LogP contribution in [0.3, 0.4) is 0 Å². The van der Waals surface area contributed by atoms with Crippen LogP contribution < -0.4 is 5.73 Å². The highest BCUT2D eigenvalue weighted by molar-refractivity contribution is 7.99. The van der Waals surface area contributed by atoms with Crippen LogP contribution in [0.1, 0.15) is 5.56 Å². The standard InChI is InChI=1S/C11H13ClFNS/c12-9-1-2-10(13)7(4-9)3-8-5-15-6-11(8)14/h1-2,4,8,11H,3,5-6,14H2. The van der Waals surface area contributed by atoms with Crippen molar-refractivity contribution in [1.82, 2.24) is 0 Å². The molecule has 0 aliphatic carbocycles. The Morgan fingerprint density at radius 2 is 2.27 bits per heavy atom. The van der Waals surface area contributed by atoms with Crippen LogP contribution in [0.4, 0.5) is 4.39 Å². The molecule has 0 spiro atoms. The highest BCUT2D eigenvalue weighted by Gasteiger charge is 2.25. The quantitative estimate of drug-likeness (QED) is 0.867. The average Bonchev–Trinajstić information content (AvgIpc) is 2.58. The van der Waals surface area contributed by atoms with Gasteiger partial charge in [0.05, 0.1) is 0 Å². The van der Waals surface area contributed by atoms with Crippen LogP contribution in [0.15, 0.2) is 18.2 Å². The minimum Gasteiger partial charge on any atom is -0.327 e. The molecule has 0 radical (unpaired) electrons. The third kappa shape index (κ3) is 2.65. The smallest absolute Gasteiger partial charge is 0.126 e. The molecule has 1 fully saturated rings. The van der Waals surface area contributed by atoms with Gasteiger partial charge in [-0.05, 0) is 41.9 Å². The van der Waals surface area contributed by atoms with Crippen molar-refractivity contribution < 1.29 is 4.39 Å². The molecule has 1 aliphatic rings. The summed E-state index contributed by atoms with van der Waals surface area (Å²) < 4.78 is 13.4. The van der Waals surface area contributed by atoms with E-state index in [0.717, 1.165) is 11.5 Å². The van der Waals surface area contributed by atoms with E-state index in [1.807, 2.05) is 11.8 Å². The summed E-state index contributed by atoms with van der Waals surface area (Å²) in [6.45, 7) is 0. The second-order valence-corrected chi connectivity index (χ2v) is 5.41. The third-order valence-corrected chi connectivity index (χ3v) is 4.26. The summed E-state index contributed by atoms with van der Waals surface area (Å²) >= 11 is 7.67.